The molecule has 55 heavy (non-hydrogen) atoms. The van der Waals surface area contributed by atoms with Crippen molar-refractivity contribution in [3.05, 3.63) is 36.5 Å². The van der Waals surface area contributed by atoms with Crippen LogP contribution in [-0.4, -0.2) is 46.1 Å². The van der Waals surface area contributed by atoms with Crippen LogP contribution in [0, 0.1) is 0 Å². The molecule has 3 atom stereocenters. The van der Waals surface area contributed by atoms with Crippen LogP contribution in [0.2, 0.25) is 0 Å². The molecule has 0 aromatic rings. The highest BCUT2D eigenvalue weighted by atomic mass is 16.3. The largest absolute Gasteiger partial charge is 0.394 e. The average molecular weight is 774 g/mol. The van der Waals surface area contributed by atoms with Crippen LogP contribution in [0.3, 0.4) is 0 Å². The van der Waals surface area contributed by atoms with Gasteiger partial charge in [-0.05, 0) is 44.9 Å². The molecule has 5 nitrogen and oxygen atoms in total. The first-order chi connectivity index (χ1) is 27.1. The van der Waals surface area contributed by atoms with Crippen LogP contribution in [0.5, 0.6) is 0 Å². The van der Waals surface area contributed by atoms with Gasteiger partial charge in [-0.3, -0.25) is 4.79 Å². The van der Waals surface area contributed by atoms with Gasteiger partial charge < -0.3 is 20.6 Å². The second-order valence-corrected chi connectivity index (χ2v) is 16.7. The predicted molar refractivity (Wildman–Crippen MR) is 241 cm³/mol. The monoisotopic (exact) mass is 774 g/mol. The van der Waals surface area contributed by atoms with Crippen LogP contribution in [0.1, 0.15) is 251 Å². The molecule has 5 heteroatoms. The number of aliphatic hydroxyl groups excluding tert-OH is 3. The van der Waals surface area contributed by atoms with E-state index in [0.717, 1.165) is 44.9 Å². The van der Waals surface area contributed by atoms with Crippen LogP contribution >= 0.6 is 0 Å². The normalized spacial score (nSPS) is 13.8. The maximum atomic E-state index is 12.5. The van der Waals surface area contributed by atoms with Gasteiger partial charge in [-0.15, -0.1) is 0 Å². The van der Waals surface area contributed by atoms with E-state index in [1.54, 1.807) is 6.08 Å². The molecule has 0 fully saturated rings. The van der Waals surface area contributed by atoms with E-state index in [2.05, 4.69) is 43.5 Å². The standard InChI is InChI=1S/C50H95NO4/c1-3-5-7-9-11-13-15-17-19-21-23-24-25-26-27-29-30-32-34-36-38-40-42-44-48(53)47(46-52)51-50(55)49(54)45-43-41-39-37-35-33-31-28-22-20-18-16-14-12-10-8-6-4-2/h27,29,34,36,42,44,47-49,52-54H,3-26,28,30-33,35,37-41,43,45-46H2,1-2H3,(H,51,55)/b29-27+,36-34+,44-42+. The van der Waals surface area contributed by atoms with Gasteiger partial charge in [0.2, 0.25) is 5.91 Å². The molecule has 0 saturated heterocycles. The summed E-state index contributed by atoms with van der Waals surface area (Å²) in [6, 6.07) is -0.819. The van der Waals surface area contributed by atoms with Crippen LogP contribution in [0.15, 0.2) is 36.5 Å². The first kappa shape index (κ1) is 53.6. The molecular weight excluding hydrogens is 679 g/mol. The molecule has 3 unspecified atom stereocenters. The van der Waals surface area contributed by atoms with E-state index in [4.69, 9.17) is 0 Å². The zero-order chi connectivity index (χ0) is 40.1. The van der Waals surface area contributed by atoms with Crippen molar-refractivity contribution in [1.82, 2.24) is 5.32 Å². The summed E-state index contributed by atoms with van der Waals surface area (Å²) in [5.41, 5.74) is 0. The molecule has 0 spiro atoms. The minimum Gasteiger partial charge on any atom is -0.394 e. The zero-order valence-corrected chi connectivity index (χ0v) is 36.8. The fraction of sp³-hybridized carbons (Fsp3) is 0.860. The summed E-state index contributed by atoms with van der Waals surface area (Å²) in [5, 5.41) is 33.2. The third-order valence-electron chi connectivity index (χ3n) is 11.2. The number of aliphatic hydroxyl groups is 3. The Morgan fingerprint density at radius 1 is 0.436 bits per heavy atom. The summed E-state index contributed by atoms with van der Waals surface area (Å²) >= 11 is 0. The summed E-state index contributed by atoms with van der Waals surface area (Å²) in [7, 11) is 0. The van der Waals surface area contributed by atoms with Crippen molar-refractivity contribution in [1.29, 1.82) is 0 Å². The Labute approximate surface area is 343 Å². The number of hydrogen-bond acceptors (Lipinski definition) is 4. The summed E-state index contributed by atoms with van der Waals surface area (Å²) in [5.74, 6) is -0.514. The van der Waals surface area contributed by atoms with Crippen LogP contribution in [-0.2, 0) is 4.79 Å². The molecule has 0 aliphatic carbocycles. The zero-order valence-electron chi connectivity index (χ0n) is 36.8. The Kier molecular flexibility index (Phi) is 44.1. The van der Waals surface area contributed by atoms with Crippen molar-refractivity contribution >= 4 is 5.91 Å². The van der Waals surface area contributed by atoms with E-state index < -0.39 is 24.2 Å². The van der Waals surface area contributed by atoms with Gasteiger partial charge >= 0.3 is 0 Å². The van der Waals surface area contributed by atoms with Crippen LogP contribution in [0.25, 0.3) is 0 Å². The van der Waals surface area contributed by atoms with Crippen molar-refractivity contribution in [2.24, 2.45) is 0 Å². The number of carbonyl (C=O) groups excluding carboxylic acids is 1. The molecule has 0 aromatic heterocycles. The van der Waals surface area contributed by atoms with Gasteiger partial charge in [0.15, 0.2) is 0 Å². The Hall–Kier alpha value is -1.43. The fourth-order valence-corrected chi connectivity index (χ4v) is 7.39. The van der Waals surface area contributed by atoms with E-state index in [1.807, 2.05) is 6.08 Å². The van der Waals surface area contributed by atoms with E-state index in [1.165, 1.54) is 186 Å². The van der Waals surface area contributed by atoms with E-state index in [0.29, 0.717) is 6.42 Å². The molecule has 0 rings (SSSR count). The second-order valence-electron chi connectivity index (χ2n) is 16.7. The highest BCUT2D eigenvalue weighted by molar-refractivity contribution is 5.80. The number of rotatable bonds is 44. The highest BCUT2D eigenvalue weighted by Crippen LogP contribution is 2.16. The van der Waals surface area contributed by atoms with Crippen molar-refractivity contribution in [3.63, 3.8) is 0 Å². The third kappa shape index (κ3) is 40.6. The SMILES string of the molecule is CCCCCCCCCCCCCCC/C=C/CC/C=C/CC/C=C/C(O)C(CO)NC(=O)C(O)CCCCCCCCCCCCCCCCCCCC. The smallest absolute Gasteiger partial charge is 0.249 e. The average Bonchev–Trinajstić information content (AvgIpc) is 3.19. The third-order valence-corrected chi connectivity index (χ3v) is 11.2. The molecule has 0 radical (unpaired) electrons. The Morgan fingerprint density at radius 2 is 0.745 bits per heavy atom. The lowest BCUT2D eigenvalue weighted by atomic mass is 10.0. The first-order valence-corrected chi connectivity index (χ1v) is 24.3. The molecule has 0 aliphatic rings. The second kappa shape index (κ2) is 45.3. The summed E-state index contributed by atoms with van der Waals surface area (Å²) in [6.07, 6.45) is 57.6. The highest BCUT2D eigenvalue weighted by Gasteiger charge is 2.22. The van der Waals surface area contributed by atoms with Crippen molar-refractivity contribution in [2.75, 3.05) is 6.61 Å². The van der Waals surface area contributed by atoms with E-state index >= 15 is 0 Å². The number of unbranched alkanes of at least 4 members (excludes halogenated alkanes) is 32. The topological polar surface area (TPSA) is 89.8 Å². The maximum Gasteiger partial charge on any atom is 0.249 e. The van der Waals surface area contributed by atoms with Gasteiger partial charge in [0.1, 0.15) is 6.10 Å². The minimum atomic E-state index is -1.11. The van der Waals surface area contributed by atoms with Gasteiger partial charge in [0, 0.05) is 0 Å². The molecule has 4 N–H and O–H groups in total. The fourth-order valence-electron chi connectivity index (χ4n) is 7.39. The Balaban J connectivity index is 3.69. The van der Waals surface area contributed by atoms with Crippen LogP contribution < -0.4 is 5.32 Å². The van der Waals surface area contributed by atoms with Crippen molar-refractivity contribution in [2.45, 2.75) is 270 Å². The summed E-state index contributed by atoms with van der Waals surface area (Å²) < 4.78 is 0. The Morgan fingerprint density at radius 3 is 1.11 bits per heavy atom. The number of amides is 1. The molecule has 0 aromatic carbocycles. The van der Waals surface area contributed by atoms with Crippen molar-refractivity contribution in [3.8, 4) is 0 Å². The lowest BCUT2D eigenvalue weighted by Crippen LogP contribution is -2.48. The van der Waals surface area contributed by atoms with Gasteiger partial charge in [-0.1, -0.05) is 243 Å². The van der Waals surface area contributed by atoms with Gasteiger partial charge in [-0.2, -0.15) is 0 Å². The van der Waals surface area contributed by atoms with E-state index in [9.17, 15) is 20.1 Å². The summed E-state index contributed by atoms with van der Waals surface area (Å²) in [6.45, 7) is 4.18. The number of hydrogen-bond donors (Lipinski definition) is 4. The van der Waals surface area contributed by atoms with Gasteiger partial charge in [0.05, 0.1) is 18.8 Å². The molecule has 0 heterocycles. The molecule has 0 aliphatic heterocycles. The first-order valence-electron chi connectivity index (χ1n) is 24.3. The lowest BCUT2D eigenvalue weighted by Gasteiger charge is -2.21. The molecule has 324 valence electrons. The van der Waals surface area contributed by atoms with Gasteiger partial charge in [-0.25, -0.2) is 0 Å². The van der Waals surface area contributed by atoms with Crippen molar-refractivity contribution < 1.29 is 20.1 Å². The van der Waals surface area contributed by atoms with Gasteiger partial charge in [0.25, 0.3) is 0 Å². The summed E-state index contributed by atoms with van der Waals surface area (Å²) in [4.78, 5) is 12.5. The van der Waals surface area contributed by atoms with Crippen LogP contribution in [0.4, 0.5) is 0 Å². The molecule has 1 amide bonds. The lowest BCUT2D eigenvalue weighted by molar-refractivity contribution is -0.131. The quantitative estimate of drug-likeness (QED) is 0.0367. The molecule has 0 saturated carbocycles. The minimum absolute atomic E-state index is 0.379. The maximum absolute atomic E-state index is 12.5. The van der Waals surface area contributed by atoms with E-state index in [-0.39, 0.29) is 6.61 Å². The number of nitrogens with one attached hydrogen (secondary N) is 1. The Bertz CT molecular complexity index is 855. The predicted octanol–water partition coefficient (Wildman–Crippen LogP) is 14.3. The molecule has 0 bridgehead atoms. The number of allylic oxidation sites excluding steroid dienone is 5. The molecular formula is C50H95NO4. The number of carbonyl (C=O) groups is 1.